The third-order valence-corrected chi connectivity index (χ3v) is 4.80. The van der Waals surface area contributed by atoms with Crippen molar-refractivity contribution in [2.75, 3.05) is 5.32 Å². The predicted octanol–water partition coefficient (Wildman–Crippen LogP) is 6.04. The van der Waals surface area contributed by atoms with Gasteiger partial charge < -0.3 is 9.73 Å². The maximum absolute atomic E-state index is 14.0. The number of anilines is 1. The van der Waals surface area contributed by atoms with Gasteiger partial charge in [0.2, 0.25) is 5.89 Å². The van der Waals surface area contributed by atoms with E-state index in [2.05, 4.69) is 10.3 Å². The second-order valence-corrected chi connectivity index (χ2v) is 6.63. The average Bonchev–Trinajstić information content (AvgIpc) is 3.19. The van der Waals surface area contributed by atoms with E-state index in [0.29, 0.717) is 22.7 Å². The fourth-order valence-electron chi connectivity index (χ4n) is 3.38. The number of rotatable bonds is 3. The predicted molar refractivity (Wildman–Crippen MR) is 111 cm³/mol. The molecule has 0 aliphatic heterocycles. The van der Waals surface area contributed by atoms with Gasteiger partial charge in [-0.25, -0.2) is 9.37 Å². The molecule has 0 bridgehead atoms. The van der Waals surface area contributed by atoms with Gasteiger partial charge >= 0.3 is 0 Å². The molecule has 5 heteroatoms. The molecule has 5 rings (SSSR count). The molecule has 0 fully saturated rings. The number of aromatic nitrogens is 1. The van der Waals surface area contributed by atoms with E-state index in [1.54, 1.807) is 24.3 Å². The first-order valence-corrected chi connectivity index (χ1v) is 9.14. The molecule has 0 radical (unpaired) electrons. The number of carbonyl (C=O) groups is 1. The van der Waals surface area contributed by atoms with Crippen LogP contribution in [0.2, 0.25) is 0 Å². The summed E-state index contributed by atoms with van der Waals surface area (Å²) in [6.07, 6.45) is 0. The summed E-state index contributed by atoms with van der Waals surface area (Å²) in [5.74, 6) is -0.714. The summed E-state index contributed by atoms with van der Waals surface area (Å²) < 4.78 is 20.0. The Hall–Kier alpha value is -3.99. The molecule has 0 spiro atoms. The van der Waals surface area contributed by atoms with Crippen molar-refractivity contribution >= 4 is 33.5 Å². The highest BCUT2D eigenvalue weighted by Gasteiger charge is 2.17. The van der Waals surface area contributed by atoms with Crippen molar-refractivity contribution in [3.05, 3.63) is 96.3 Å². The fourth-order valence-corrected chi connectivity index (χ4v) is 3.38. The van der Waals surface area contributed by atoms with Crippen molar-refractivity contribution in [1.29, 1.82) is 0 Å². The lowest BCUT2D eigenvalue weighted by Crippen LogP contribution is -2.14. The lowest BCUT2D eigenvalue weighted by Gasteiger charge is -2.09. The van der Waals surface area contributed by atoms with Crippen LogP contribution in [0.1, 0.15) is 10.4 Å². The van der Waals surface area contributed by atoms with Crippen LogP contribution < -0.4 is 5.32 Å². The lowest BCUT2D eigenvalue weighted by molar-refractivity contribution is 0.102. The quantitative estimate of drug-likeness (QED) is 0.414. The molecule has 0 atom stereocenters. The van der Waals surface area contributed by atoms with Gasteiger partial charge in [0.1, 0.15) is 11.3 Å². The smallest absolute Gasteiger partial charge is 0.258 e. The van der Waals surface area contributed by atoms with Gasteiger partial charge in [-0.15, -0.1) is 0 Å². The second-order valence-electron chi connectivity index (χ2n) is 6.63. The van der Waals surface area contributed by atoms with E-state index >= 15 is 0 Å². The standard InChI is InChI=1S/C24H15FN2O2/c25-19-11-5-3-9-17(19)23(28)26-20-12-6-4-10-18(20)24-27-21-14-13-15-7-1-2-8-16(15)22(21)29-24/h1-14H,(H,26,28). The first-order valence-electron chi connectivity index (χ1n) is 9.14. The Morgan fingerprint density at radius 1 is 0.862 bits per heavy atom. The summed E-state index contributed by atoms with van der Waals surface area (Å²) in [6.45, 7) is 0. The normalized spacial score (nSPS) is 11.1. The number of oxazole rings is 1. The number of para-hydroxylation sites is 1. The number of hydrogen-bond donors (Lipinski definition) is 1. The number of nitrogens with zero attached hydrogens (tertiary/aromatic N) is 1. The monoisotopic (exact) mass is 382 g/mol. The number of fused-ring (bicyclic) bond motifs is 3. The van der Waals surface area contributed by atoms with Gasteiger partial charge in [0.25, 0.3) is 5.91 Å². The van der Waals surface area contributed by atoms with Gasteiger partial charge in [-0.1, -0.05) is 54.6 Å². The summed E-state index contributed by atoms with van der Waals surface area (Å²) in [5, 5.41) is 4.80. The van der Waals surface area contributed by atoms with Crippen molar-refractivity contribution in [3.63, 3.8) is 0 Å². The minimum absolute atomic E-state index is 0.0223. The highest BCUT2D eigenvalue weighted by molar-refractivity contribution is 6.07. The molecule has 1 N–H and O–H groups in total. The van der Waals surface area contributed by atoms with E-state index in [1.807, 2.05) is 48.5 Å². The maximum atomic E-state index is 14.0. The highest BCUT2D eigenvalue weighted by atomic mass is 19.1. The van der Waals surface area contributed by atoms with E-state index in [9.17, 15) is 9.18 Å². The molecule has 0 saturated carbocycles. The largest absolute Gasteiger partial charge is 0.435 e. The van der Waals surface area contributed by atoms with Crippen molar-refractivity contribution in [2.24, 2.45) is 0 Å². The van der Waals surface area contributed by atoms with Crippen LogP contribution in [0.15, 0.2) is 89.3 Å². The molecule has 0 aliphatic carbocycles. The summed E-state index contributed by atoms with van der Waals surface area (Å²) in [4.78, 5) is 17.2. The molecule has 1 amide bonds. The van der Waals surface area contributed by atoms with Crippen molar-refractivity contribution < 1.29 is 13.6 Å². The number of carbonyl (C=O) groups excluding carboxylic acids is 1. The number of nitrogens with one attached hydrogen (secondary N) is 1. The van der Waals surface area contributed by atoms with Gasteiger partial charge in [-0.2, -0.15) is 0 Å². The molecule has 0 saturated heterocycles. The maximum Gasteiger partial charge on any atom is 0.258 e. The molecular weight excluding hydrogens is 367 g/mol. The van der Waals surface area contributed by atoms with Crippen molar-refractivity contribution in [3.8, 4) is 11.5 Å². The minimum Gasteiger partial charge on any atom is -0.435 e. The van der Waals surface area contributed by atoms with Crippen molar-refractivity contribution in [2.45, 2.75) is 0 Å². The first kappa shape index (κ1) is 17.1. The molecule has 0 aliphatic rings. The third-order valence-electron chi connectivity index (χ3n) is 4.80. The number of benzene rings is 4. The molecule has 1 aromatic heterocycles. The summed E-state index contributed by atoms with van der Waals surface area (Å²) in [6, 6.07) is 24.9. The Balaban J connectivity index is 1.58. The third kappa shape index (κ3) is 3.02. The zero-order valence-corrected chi connectivity index (χ0v) is 15.2. The molecule has 1 heterocycles. The van der Waals surface area contributed by atoms with Gasteiger partial charge in [0.15, 0.2) is 5.58 Å². The van der Waals surface area contributed by atoms with Crippen LogP contribution in [0.3, 0.4) is 0 Å². The van der Waals surface area contributed by atoms with E-state index in [1.165, 1.54) is 12.1 Å². The average molecular weight is 382 g/mol. The van der Waals surface area contributed by atoms with Gasteiger partial charge in [0.05, 0.1) is 16.8 Å². The van der Waals surface area contributed by atoms with E-state index in [4.69, 9.17) is 4.42 Å². The Bertz CT molecular complexity index is 1370. The Kier molecular flexibility index (Phi) is 4.06. The van der Waals surface area contributed by atoms with E-state index in [0.717, 1.165) is 16.3 Å². The molecule has 140 valence electrons. The van der Waals surface area contributed by atoms with Gasteiger partial charge in [0, 0.05) is 5.39 Å². The molecular formula is C24H15FN2O2. The van der Waals surface area contributed by atoms with Crippen molar-refractivity contribution in [1.82, 2.24) is 4.98 Å². The summed E-state index contributed by atoms with van der Waals surface area (Å²) in [7, 11) is 0. The van der Waals surface area contributed by atoms with E-state index in [-0.39, 0.29) is 5.56 Å². The first-order chi connectivity index (χ1) is 14.2. The van der Waals surface area contributed by atoms with E-state index < -0.39 is 11.7 Å². The van der Waals surface area contributed by atoms with Gasteiger partial charge in [-0.3, -0.25) is 4.79 Å². The molecule has 5 aromatic rings. The van der Waals surface area contributed by atoms with Crippen LogP contribution in [0.25, 0.3) is 33.3 Å². The van der Waals surface area contributed by atoms with Crippen LogP contribution in [0.5, 0.6) is 0 Å². The summed E-state index contributed by atoms with van der Waals surface area (Å²) in [5.41, 5.74) is 2.52. The Labute approximate surface area is 165 Å². The van der Waals surface area contributed by atoms with Crippen LogP contribution >= 0.6 is 0 Å². The van der Waals surface area contributed by atoms with Crippen LogP contribution in [-0.2, 0) is 0 Å². The topological polar surface area (TPSA) is 55.1 Å². The zero-order chi connectivity index (χ0) is 19.8. The SMILES string of the molecule is O=C(Nc1ccccc1-c1nc2ccc3ccccc3c2o1)c1ccccc1F. The fraction of sp³-hybridized carbons (Fsp3) is 0. The molecule has 29 heavy (non-hydrogen) atoms. The van der Waals surface area contributed by atoms with Crippen LogP contribution in [0.4, 0.5) is 10.1 Å². The Morgan fingerprint density at radius 3 is 2.52 bits per heavy atom. The van der Waals surface area contributed by atoms with Crippen LogP contribution in [0, 0.1) is 5.82 Å². The zero-order valence-electron chi connectivity index (χ0n) is 15.2. The summed E-state index contributed by atoms with van der Waals surface area (Å²) >= 11 is 0. The molecule has 4 aromatic carbocycles. The highest BCUT2D eigenvalue weighted by Crippen LogP contribution is 2.33. The second kappa shape index (κ2) is 6.87. The lowest BCUT2D eigenvalue weighted by atomic mass is 10.1. The number of hydrogen-bond acceptors (Lipinski definition) is 3. The minimum atomic E-state index is -0.573. The molecule has 0 unspecified atom stereocenters. The molecule has 4 nitrogen and oxygen atoms in total. The number of halogens is 1. The van der Waals surface area contributed by atoms with Crippen LogP contribution in [-0.4, -0.2) is 10.9 Å². The number of amides is 1. The van der Waals surface area contributed by atoms with Gasteiger partial charge in [-0.05, 0) is 35.7 Å². The Morgan fingerprint density at radius 2 is 1.62 bits per heavy atom.